The molecule has 0 aromatic heterocycles. The number of aliphatic carboxylic acids is 1. The molecule has 8 heteroatoms. The van der Waals surface area contributed by atoms with Crippen LogP contribution in [0.4, 0.5) is 0 Å². The van der Waals surface area contributed by atoms with Gasteiger partial charge in [-0.05, 0) is 18.3 Å². The number of hydrogen-bond acceptors (Lipinski definition) is 5. The zero-order valence-corrected chi connectivity index (χ0v) is 16.0. The highest BCUT2D eigenvalue weighted by molar-refractivity contribution is 7.99. The predicted octanol–water partition coefficient (Wildman–Crippen LogP) is 1.32. The Hall–Kier alpha value is -1.28. The van der Waals surface area contributed by atoms with E-state index < -0.39 is 17.4 Å². The number of carboxylic acid groups (broad SMARTS) is 1. The van der Waals surface area contributed by atoms with Gasteiger partial charge in [0.2, 0.25) is 11.8 Å². The van der Waals surface area contributed by atoms with Gasteiger partial charge in [-0.1, -0.05) is 20.8 Å². The molecule has 2 N–H and O–H groups in total. The van der Waals surface area contributed by atoms with Crippen LogP contribution in [0.3, 0.4) is 0 Å². The smallest absolute Gasteiger partial charge is 0.311 e. The lowest BCUT2D eigenvalue weighted by atomic mass is 9.80. The van der Waals surface area contributed by atoms with Crippen molar-refractivity contribution in [2.45, 2.75) is 46.1 Å². The number of amides is 2. The first-order valence-corrected chi connectivity index (χ1v) is 9.76. The first kappa shape index (κ1) is 20.0. The minimum Gasteiger partial charge on any atom is -0.481 e. The van der Waals surface area contributed by atoms with Gasteiger partial charge in [-0.25, -0.2) is 0 Å². The second-order valence-corrected chi connectivity index (χ2v) is 9.03. The summed E-state index contributed by atoms with van der Waals surface area (Å²) in [5.74, 6) is -0.149. The molecule has 0 aromatic carbocycles. The Morgan fingerprint density at radius 2 is 1.92 bits per heavy atom. The molecule has 0 aliphatic carbocycles. The van der Waals surface area contributed by atoms with E-state index in [9.17, 15) is 19.5 Å². The molecule has 1 unspecified atom stereocenters. The summed E-state index contributed by atoms with van der Waals surface area (Å²) in [7, 11) is 0. The highest BCUT2D eigenvalue weighted by atomic mass is 32.2. The topological polar surface area (TPSA) is 95.9 Å². The van der Waals surface area contributed by atoms with E-state index >= 15 is 0 Å². The molecule has 7 nitrogen and oxygen atoms in total. The average molecular weight is 372 g/mol. The molecule has 2 aliphatic rings. The molecule has 2 amide bonds. The maximum atomic E-state index is 12.6. The second-order valence-electron chi connectivity index (χ2n) is 8.03. The largest absolute Gasteiger partial charge is 0.481 e. The molecule has 2 rings (SSSR count). The summed E-state index contributed by atoms with van der Waals surface area (Å²) >= 11 is 1.55. The van der Waals surface area contributed by atoms with Crippen LogP contribution in [0, 0.1) is 10.8 Å². The van der Waals surface area contributed by atoms with Crippen molar-refractivity contribution in [3.63, 3.8) is 0 Å². The first-order chi connectivity index (χ1) is 11.6. The van der Waals surface area contributed by atoms with E-state index in [0.29, 0.717) is 44.1 Å². The summed E-state index contributed by atoms with van der Waals surface area (Å²) < 4.78 is 5.24. The fourth-order valence-corrected chi connectivity index (χ4v) is 4.24. The van der Waals surface area contributed by atoms with Crippen LogP contribution in [0.25, 0.3) is 0 Å². The number of nitrogens with one attached hydrogen (secondary N) is 1. The van der Waals surface area contributed by atoms with Crippen LogP contribution in [-0.2, 0) is 19.1 Å². The normalized spacial score (nSPS) is 23.3. The number of carboxylic acids is 1. The van der Waals surface area contributed by atoms with Crippen LogP contribution >= 0.6 is 11.8 Å². The zero-order valence-electron chi connectivity index (χ0n) is 15.2. The fourth-order valence-electron chi connectivity index (χ4n) is 3.06. The first-order valence-electron chi connectivity index (χ1n) is 8.61. The van der Waals surface area contributed by atoms with Gasteiger partial charge < -0.3 is 20.1 Å². The summed E-state index contributed by atoms with van der Waals surface area (Å²) in [4.78, 5) is 38.3. The number of hydrogen-bond donors (Lipinski definition) is 2. The van der Waals surface area contributed by atoms with Crippen molar-refractivity contribution >= 4 is 29.5 Å². The molecule has 142 valence electrons. The molecule has 0 aromatic rings. The van der Waals surface area contributed by atoms with Gasteiger partial charge in [-0.3, -0.25) is 14.4 Å². The Kier molecular flexibility index (Phi) is 6.37. The van der Waals surface area contributed by atoms with Crippen molar-refractivity contribution in [3.05, 3.63) is 0 Å². The minimum absolute atomic E-state index is 0.0309. The molecule has 0 spiro atoms. The molecule has 0 radical (unpaired) electrons. The molecular formula is C17H28N2O5S. The van der Waals surface area contributed by atoms with E-state index in [2.05, 4.69) is 5.32 Å². The van der Waals surface area contributed by atoms with Gasteiger partial charge in [0.15, 0.2) is 0 Å². The molecular weight excluding hydrogens is 344 g/mol. The van der Waals surface area contributed by atoms with Crippen LogP contribution in [0.2, 0.25) is 0 Å². The lowest BCUT2D eigenvalue weighted by Crippen LogP contribution is -2.52. The average Bonchev–Trinajstić information content (AvgIpc) is 3.01. The highest BCUT2D eigenvalue weighted by Crippen LogP contribution is 2.31. The van der Waals surface area contributed by atoms with Crippen molar-refractivity contribution in [1.82, 2.24) is 10.2 Å². The number of carbonyl (C=O) groups excluding carboxylic acids is 2. The summed E-state index contributed by atoms with van der Waals surface area (Å²) in [5.41, 5.74) is -1.11. The Balaban J connectivity index is 1.97. The van der Waals surface area contributed by atoms with E-state index in [1.807, 2.05) is 20.8 Å². The standard InChI is InChI=1S/C17H28N2O5S/c1-16(2,3)8-13(20)19-11-25-9-12(19)14(21)18-10-17(15(22)23)4-6-24-7-5-17/h12H,4-11H2,1-3H3,(H,18,21)(H,22,23). The van der Waals surface area contributed by atoms with Crippen LogP contribution in [0.15, 0.2) is 0 Å². The van der Waals surface area contributed by atoms with Crippen molar-refractivity contribution in [2.75, 3.05) is 31.4 Å². The number of rotatable bonds is 5. The predicted molar refractivity (Wildman–Crippen MR) is 95.2 cm³/mol. The lowest BCUT2D eigenvalue weighted by molar-refractivity contribution is -0.155. The molecule has 0 bridgehead atoms. The number of thioether (sulfide) groups is 1. The van der Waals surface area contributed by atoms with Crippen molar-refractivity contribution < 1.29 is 24.2 Å². The van der Waals surface area contributed by atoms with Crippen LogP contribution in [-0.4, -0.2) is 65.2 Å². The summed E-state index contributed by atoms with van der Waals surface area (Å²) in [5, 5.41) is 12.3. The molecule has 1 atom stereocenters. The third kappa shape index (κ3) is 5.10. The second kappa shape index (κ2) is 7.95. The Labute approximate surface area is 152 Å². The van der Waals surface area contributed by atoms with E-state index in [1.54, 1.807) is 16.7 Å². The quantitative estimate of drug-likeness (QED) is 0.756. The number of nitrogens with zero attached hydrogens (tertiary/aromatic N) is 1. The summed E-state index contributed by atoms with van der Waals surface area (Å²) in [6.07, 6.45) is 1.15. The molecule has 0 saturated carbocycles. The van der Waals surface area contributed by atoms with Gasteiger partial charge in [-0.15, -0.1) is 11.8 Å². The highest BCUT2D eigenvalue weighted by Gasteiger charge is 2.42. The Bertz CT molecular complexity index is 526. The van der Waals surface area contributed by atoms with E-state index in [-0.39, 0.29) is 23.8 Å². The van der Waals surface area contributed by atoms with Gasteiger partial charge >= 0.3 is 5.97 Å². The molecule has 2 fully saturated rings. The summed E-state index contributed by atoms with van der Waals surface area (Å²) in [6, 6.07) is -0.523. The van der Waals surface area contributed by atoms with Gasteiger partial charge in [0, 0.05) is 31.9 Å². The molecule has 2 heterocycles. The van der Waals surface area contributed by atoms with Gasteiger partial charge in [-0.2, -0.15) is 0 Å². The van der Waals surface area contributed by atoms with Crippen LogP contribution < -0.4 is 5.32 Å². The van der Waals surface area contributed by atoms with Crippen molar-refractivity contribution in [3.8, 4) is 0 Å². The van der Waals surface area contributed by atoms with E-state index in [4.69, 9.17) is 4.74 Å². The van der Waals surface area contributed by atoms with E-state index in [1.165, 1.54) is 0 Å². The maximum Gasteiger partial charge on any atom is 0.311 e. The fraction of sp³-hybridized carbons (Fsp3) is 0.824. The van der Waals surface area contributed by atoms with Gasteiger partial charge in [0.25, 0.3) is 0 Å². The lowest BCUT2D eigenvalue weighted by Gasteiger charge is -2.34. The third-order valence-corrected chi connectivity index (χ3v) is 5.70. The molecule has 2 aliphatic heterocycles. The van der Waals surface area contributed by atoms with Crippen LogP contribution in [0.5, 0.6) is 0 Å². The number of carbonyl (C=O) groups is 3. The van der Waals surface area contributed by atoms with Gasteiger partial charge in [0.05, 0.1) is 11.3 Å². The minimum atomic E-state index is -0.972. The third-order valence-electron chi connectivity index (χ3n) is 4.69. The van der Waals surface area contributed by atoms with Crippen molar-refractivity contribution in [1.29, 1.82) is 0 Å². The SMILES string of the molecule is CC(C)(C)CC(=O)N1CSCC1C(=O)NCC1(C(=O)O)CCOCC1. The maximum absolute atomic E-state index is 12.6. The monoisotopic (exact) mass is 372 g/mol. The molecule has 25 heavy (non-hydrogen) atoms. The molecule has 2 saturated heterocycles. The van der Waals surface area contributed by atoms with Gasteiger partial charge in [0.1, 0.15) is 6.04 Å². The van der Waals surface area contributed by atoms with Crippen LogP contribution in [0.1, 0.15) is 40.0 Å². The Morgan fingerprint density at radius 3 is 2.48 bits per heavy atom. The van der Waals surface area contributed by atoms with E-state index in [0.717, 1.165) is 0 Å². The Morgan fingerprint density at radius 1 is 1.28 bits per heavy atom. The van der Waals surface area contributed by atoms with Crippen molar-refractivity contribution in [2.24, 2.45) is 10.8 Å². The number of ether oxygens (including phenoxy) is 1. The summed E-state index contributed by atoms with van der Waals surface area (Å²) in [6.45, 7) is 6.82. The zero-order chi connectivity index (χ0) is 18.7.